The van der Waals surface area contributed by atoms with Crippen LogP contribution in [0, 0.1) is 0 Å². The first-order chi connectivity index (χ1) is 2.00. The van der Waals surface area contributed by atoms with Crippen LogP contribution in [0.1, 0.15) is 0 Å². The van der Waals surface area contributed by atoms with Gasteiger partial charge >= 0.3 is 34.1 Å². The molecule has 52 valence electrons. The van der Waals surface area contributed by atoms with E-state index in [0.717, 1.165) is 0 Å². The zero-order chi connectivity index (χ0) is 4.50. The molecule has 0 bridgehead atoms. The number of hydrogen-bond donors (Lipinski definition) is 1. The fourth-order valence-electron chi connectivity index (χ4n) is 0. The fraction of sp³-hybridized carbons (Fsp3) is 0. The predicted molar refractivity (Wildman–Crippen MR) is 9.83 cm³/mol. The Morgan fingerprint density at radius 3 is 1.29 bits per heavy atom. The van der Waals surface area contributed by atoms with Crippen molar-refractivity contribution in [1.29, 1.82) is 0 Å². The summed E-state index contributed by atoms with van der Waals surface area (Å²) in [6, 6.07) is 0. The van der Waals surface area contributed by atoms with Crippen LogP contribution in [0.15, 0.2) is 0 Å². The van der Waals surface area contributed by atoms with E-state index in [-0.39, 0.29) is 34.1 Å². The van der Waals surface area contributed by atoms with Gasteiger partial charge in [0.05, 0.1) is 7.82 Å². The molecule has 1 N–H and O–H groups in total. The second-order valence-corrected chi connectivity index (χ2v) is 1.41. The third kappa shape index (κ3) is 144. The van der Waals surface area contributed by atoms with E-state index >= 15 is 0 Å². The van der Waals surface area contributed by atoms with Gasteiger partial charge in [-0.05, 0) is 0 Å². The van der Waals surface area contributed by atoms with Gasteiger partial charge in [0.15, 0.2) is 0 Å². The summed E-state index contributed by atoms with van der Waals surface area (Å²) >= 11 is 0. The molecule has 4 nitrogen and oxygen atoms in total. The standard InChI is InChI=1S/2Cu.H3O4P/c;;1-5(2,3)4/h;;(H3,1,2,3,4)/q2*+1;/p-2. The quantitative estimate of drug-likeness (QED) is 0.373. The van der Waals surface area contributed by atoms with E-state index in [1.807, 2.05) is 0 Å². The van der Waals surface area contributed by atoms with Crippen molar-refractivity contribution in [2.24, 2.45) is 0 Å². The van der Waals surface area contributed by atoms with Crippen LogP contribution in [0.2, 0.25) is 0 Å². The van der Waals surface area contributed by atoms with Gasteiger partial charge in [0.25, 0.3) is 0 Å². The van der Waals surface area contributed by atoms with Crippen LogP contribution in [-0.4, -0.2) is 4.89 Å². The zero-order valence-corrected chi connectivity index (χ0v) is 5.50. The van der Waals surface area contributed by atoms with Crippen molar-refractivity contribution >= 4 is 7.82 Å². The number of hydrogen-bond acceptors (Lipinski definition) is 3. The van der Waals surface area contributed by atoms with Crippen molar-refractivity contribution < 1.29 is 53.4 Å². The Morgan fingerprint density at radius 1 is 1.29 bits per heavy atom. The summed E-state index contributed by atoms with van der Waals surface area (Å²) in [5.74, 6) is 0. The van der Waals surface area contributed by atoms with Gasteiger partial charge in [-0.3, -0.25) is 0 Å². The van der Waals surface area contributed by atoms with Gasteiger partial charge in [-0.15, -0.1) is 0 Å². The molecular formula is HCu2O4P. The molecule has 0 atom stereocenters. The second-order valence-electron chi connectivity index (χ2n) is 0.469. The molecule has 7 heteroatoms. The van der Waals surface area contributed by atoms with Crippen LogP contribution in [0.4, 0.5) is 0 Å². The van der Waals surface area contributed by atoms with Crippen LogP contribution >= 0.6 is 7.82 Å². The number of rotatable bonds is 0. The maximum Gasteiger partial charge on any atom is 1.00 e. The van der Waals surface area contributed by atoms with Crippen LogP contribution in [-0.2, 0) is 38.7 Å². The molecular weight excluding hydrogens is 222 g/mol. The van der Waals surface area contributed by atoms with E-state index in [0.29, 0.717) is 0 Å². The van der Waals surface area contributed by atoms with Gasteiger partial charge in [-0.1, -0.05) is 0 Å². The zero-order valence-electron chi connectivity index (χ0n) is 2.72. The molecule has 0 aromatic rings. The van der Waals surface area contributed by atoms with Crippen molar-refractivity contribution in [3.05, 3.63) is 0 Å². The van der Waals surface area contributed by atoms with Gasteiger partial charge < -0.3 is 19.2 Å². The van der Waals surface area contributed by atoms with Crippen molar-refractivity contribution in [2.45, 2.75) is 0 Å². The smallest absolute Gasteiger partial charge is 0.790 e. The van der Waals surface area contributed by atoms with Crippen molar-refractivity contribution in [2.75, 3.05) is 0 Å². The van der Waals surface area contributed by atoms with Gasteiger partial charge in [0, 0.05) is 0 Å². The molecule has 0 aromatic carbocycles. The van der Waals surface area contributed by atoms with Crippen molar-refractivity contribution in [1.82, 2.24) is 0 Å². The summed E-state index contributed by atoms with van der Waals surface area (Å²) < 4.78 is 8.66. The Balaban J connectivity index is -0.0000000800. The topological polar surface area (TPSA) is 83.4 Å². The molecule has 0 radical (unpaired) electrons. The minimum atomic E-state index is -5.14. The van der Waals surface area contributed by atoms with E-state index in [1.165, 1.54) is 0 Å². The molecule has 7 heavy (non-hydrogen) atoms. The predicted octanol–water partition coefficient (Wildman–Crippen LogP) is -2.20. The fourth-order valence-corrected chi connectivity index (χ4v) is 0. The Labute approximate surface area is 61.5 Å². The SMILES string of the molecule is O=P([O-])([O-])O.[Cu+].[Cu+]. The molecule has 0 aliphatic carbocycles. The van der Waals surface area contributed by atoms with Crippen LogP contribution < -0.4 is 9.79 Å². The first-order valence-corrected chi connectivity index (χ1v) is 2.24. The normalized spacial score (nSPS) is 8.43. The third-order valence-electron chi connectivity index (χ3n) is 0. The number of phosphoric acid groups is 1. The monoisotopic (exact) mass is 222 g/mol. The maximum atomic E-state index is 8.66. The average molecular weight is 223 g/mol. The second kappa shape index (κ2) is 5.29. The Hall–Kier alpha value is 1.15. The molecule has 0 amide bonds. The summed E-state index contributed by atoms with van der Waals surface area (Å²) in [7, 11) is -5.14. The molecule has 0 fully saturated rings. The molecule has 0 rings (SSSR count). The van der Waals surface area contributed by atoms with E-state index in [2.05, 4.69) is 0 Å². The molecule has 0 aliphatic rings. The molecule has 0 spiro atoms. The Kier molecular flexibility index (Phi) is 11.9. The first-order valence-electron chi connectivity index (χ1n) is 0.748. The summed E-state index contributed by atoms with van der Waals surface area (Å²) in [6.07, 6.45) is 0. The van der Waals surface area contributed by atoms with Crippen LogP contribution in [0.3, 0.4) is 0 Å². The van der Waals surface area contributed by atoms with E-state index < -0.39 is 7.82 Å². The van der Waals surface area contributed by atoms with Gasteiger partial charge in [0.2, 0.25) is 0 Å². The average Bonchev–Trinajstić information content (AvgIpc) is 0.722. The van der Waals surface area contributed by atoms with E-state index in [4.69, 9.17) is 19.2 Å². The molecule has 0 saturated heterocycles. The van der Waals surface area contributed by atoms with Crippen LogP contribution in [0.5, 0.6) is 0 Å². The minimum Gasteiger partial charge on any atom is -0.790 e. The van der Waals surface area contributed by atoms with E-state index in [1.54, 1.807) is 0 Å². The molecule has 0 unspecified atom stereocenters. The minimum absolute atomic E-state index is 0. The third-order valence-corrected chi connectivity index (χ3v) is 0. The summed E-state index contributed by atoms with van der Waals surface area (Å²) in [5.41, 5.74) is 0. The summed E-state index contributed by atoms with van der Waals surface area (Å²) in [5, 5.41) is 0. The van der Waals surface area contributed by atoms with Gasteiger partial charge in [-0.2, -0.15) is 0 Å². The van der Waals surface area contributed by atoms with Crippen LogP contribution in [0.25, 0.3) is 0 Å². The molecule has 0 aromatic heterocycles. The summed E-state index contributed by atoms with van der Waals surface area (Å²) in [6.45, 7) is 0. The molecule has 0 aliphatic heterocycles. The van der Waals surface area contributed by atoms with E-state index in [9.17, 15) is 0 Å². The van der Waals surface area contributed by atoms with Gasteiger partial charge in [-0.25, -0.2) is 0 Å². The molecule has 0 heterocycles. The van der Waals surface area contributed by atoms with Gasteiger partial charge in [0.1, 0.15) is 0 Å². The Bertz CT molecular complexity index is 55.8. The first kappa shape index (κ1) is 15.7. The Morgan fingerprint density at radius 2 is 1.29 bits per heavy atom. The van der Waals surface area contributed by atoms with Crippen molar-refractivity contribution in [3.8, 4) is 0 Å². The maximum absolute atomic E-state index is 8.66. The molecule has 0 saturated carbocycles. The largest absolute Gasteiger partial charge is 1.00 e. The summed E-state index contributed by atoms with van der Waals surface area (Å²) in [4.78, 5) is 24.3. The van der Waals surface area contributed by atoms with Crippen molar-refractivity contribution in [3.63, 3.8) is 0 Å².